The lowest BCUT2D eigenvalue weighted by Crippen LogP contribution is -2.80. The Morgan fingerprint density at radius 1 is 1.27 bits per heavy atom. The van der Waals surface area contributed by atoms with Gasteiger partial charge in [0.05, 0.1) is 18.5 Å². The Morgan fingerprint density at radius 3 is 2.85 bits per heavy atom. The second-order valence-corrected chi connectivity index (χ2v) is 9.67. The number of piperidine rings is 1. The molecular formula is C21H27NO4. The van der Waals surface area contributed by atoms with Gasteiger partial charge in [0.15, 0.2) is 11.5 Å². The van der Waals surface area contributed by atoms with Crippen LogP contribution in [0.1, 0.15) is 50.2 Å². The minimum absolute atomic E-state index is 0.138. The van der Waals surface area contributed by atoms with Crippen LogP contribution in [-0.4, -0.2) is 45.7 Å². The second kappa shape index (κ2) is 4.57. The van der Waals surface area contributed by atoms with Gasteiger partial charge < -0.3 is 24.8 Å². The lowest BCUT2D eigenvalue weighted by molar-refractivity contribution is -0.924. The van der Waals surface area contributed by atoms with Crippen molar-refractivity contribution in [2.75, 3.05) is 13.1 Å². The molecular weight excluding hydrogens is 330 g/mol. The van der Waals surface area contributed by atoms with E-state index in [1.807, 2.05) is 6.07 Å². The number of rotatable bonds is 2. The summed E-state index contributed by atoms with van der Waals surface area (Å²) in [5.41, 5.74) is 0.584. The number of hydrogen-bond donors (Lipinski definition) is 2. The van der Waals surface area contributed by atoms with Crippen molar-refractivity contribution in [1.29, 1.82) is 0 Å². The second-order valence-electron chi connectivity index (χ2n) is 9.67. The molecule has 1 saturated heterocycles. The van der Waals surface area contributed by atoms with Crippen molar-refractivity contribution in [1.82, 2.24) is 0 Å². The molecule has 26 heavy (non-hydrogen) atoms. The first kappa shape index (κ1) is 15.7. The molecule has 1 aromatic carbocycles. The number of benzene rings is 1. The molecule has 0 radical (unpaired) electrons. The molecule has 2 N–H and O–H groups in total. The monoisotopic (exact) mass is 357 g/mol. The maximum atomic E-state index is 13.9. The number of quaternary nitrogens is 1. The molecule has 2 heterocycles. The molecule has 140 valence electrons. The third-order valence-corrected chi connectivity index (χ3v) is 8.35. The molecule has 2 aliphatic heterocycles. The Hall–Kier alpha value is -1.30. The molecule has 3 fully saturated rings. The summed E-state index contributed by atoms with van der Waals surface area (Å²) in [6, 6.07) is 3.35. The van der Waals surface area contributed by atoms with Gasteiger partial charge in [0, 0.05) is 24.3 Å². The molecule has 6 atom stereocenters. The molecule has 5 aliphatic rings. The number of ether oxygens (including phenoxy) is 1. The van der Waals surface area contributed by atoms with Crippen molar-refractivity contribution >= 4 is 0 Å². The van der Waals surface area contributed by atoms with E-state index >= 15 is 0 Å². The number of phenols is 1. The molecule has 0 amide bonds. The van der Waals surface area contributed by atoms with Gasteiger partial charge in [0.2, 0.25) is 0 Å². The molecule has 2 bridgehead atoms. The van der Waals surface area contributed by atoms with Gasteiger partial charge in [-0.15, -0.1) is 0 Å². The average molecular weight is 357 g/mol. The zero-order chi connectivity index (χ0) is 17.9. The van der Waals surface area contributed by atoms with E-state index in [0.29, 0.717) is 49.9 Å². The van der Waals surface area contributed by atoms with E-state index in [-0.39, 0.29) is 22.5 Å². The Labute approximate surface area is 153 Å². The number of aromatic hydroxyl groups is 1. The highest BCUT2D eigenvalue weighted by molar-refractivity contribution is 5.62. The van der Waals surface area contributed by atoms with Crippen molar-refractivity contribution < 1.29 is 19.6 Å². The van der Waals surface area contributed by atoms with Gasteiger partial charge in [-0.05, 0) is 43.2 Å². The molecule has 6 rings (SSSR count). The van der Waals surface area contributed by atoms with Gasteiger partial charge in [-0.2, -0.15) is 0 Å². The van der Waals surface area contributed by atoms with Crippen LogP contribution in [0.5, 0.6) is 11.5 Å². The Kier molecular flexibility index (Phi) is 2.76. The first-order valence-electron chi connectivity index (χ1n) is 10.2. The Morgan fingerprint density at radius 2 is 2.08 bits per heavy atom. The van der Waals surface area contributed by atoms with Crippen molar-refractivity contribution in [3.05, 3.63) is 28.5 Å². The average Bonchev–Trinajstić information content (AvgIpc) is 3.32. The zero-order valence-corrected chi connectivity index (χ0v) is 15.3. The number of nitrogens with zero attached hydrogens (tertiary/aromatic N) is 1. The molecule has 1 spiro atoms. The van der Waals surface area contributed by atoms with Crippen molar-refractivity contribution in [2.45, 2.75) is 68.6 Å². The summed E-state index contributed by atoms with van der Waals surface area (Å²) in [7, 11) is 0. The Bertz CT molecular complexity index is 807. The minimum Gasteiger partial charge on any atom is -0.632 e. The van der Waals surface area contributed by atoms with E-state index in [2.05, 4.69) is 6.92 Å². The highest BCUT2D eigenvalue weighted by atomic mass is 16.6. The molecule has 1 aromatic rings. The normalized spacial score (nSPS) is 48.0. The molecule has 0 aromatic heterocycles. The first-order valence-corrected chi connectivity index (χ1v) is 10.2. The predicted octanol–water partition coefficient (Wildman–Crippen LogP) is 2.61. The predicted molar refractivity (Wildman–Crippen MR) is 95.7 cm³/mol. The lowest BCUT2D eigenvalue weighted by Gasteiger charge is -2.68. The molecule has 5 nitrogen and oxygen atoms in total. The van der Waals surface area contributed by atoms with Crippen LogP contribution in [-0.2, 0) is 11.8 Å². The summed E-state index contributed by atoms with van der Waals surface area (Å²) >= 11 is 0. The summed E-state index contributed by atoms with van der Waals surface area (Å²) in [5, 5.41) is 36.5. The molecule has 3 aliphatic carbocycles. The number of aliphatic hydroxyl groups is 1. The van der Waals surface area contributed by atoms with E-state index in [9.17, 15) is 15.4 Å². The summed E-state index contributed by atoms with van der Waals surface area (Å²) in [6.45, 7) is 3.40. The van der Waals surface area contributed by atoms with E-state index < -0.39 is 11.0 Å². The van der Waals surface area contributed by atoms with E-state index in [0.717, 1.165) is 30.4 Å². The topological polar surface area (TPSA) is 72.8 Å². The van der Waals surface area contributed by atoms with Crippen LogP contribution in [0.25, 0.3) is 0 Å². The minimum atomic E-state index is -1.02. The van der Waals surface area contributed by atoms with Gasteiger partial charge >= 0.3 is 0 Å². The standard InChI is InChI=1S/C21H27NO4/c1-12-6-7-21(24)16-10-14-4-5-15(23)18-17(14)20(21,19(12)26-18)8-9-22(16,25)11-13-2-3-13/h4-5,12-13,16,19,23-24H,2-3,6-11H2,1H3/t12?,16-,19?,20+,21-,22?/m1/s1. The number of hydroxylamine groups is 3. The third kappa shape index (κ3) is 1.60. The maximum Gasteiger partial charge on any atom is 0.165 e. The fourth-order valence-electron chi connectivity index (χ4n) is 7.01. The van der Waals surface area contributed by atoms with Crippen molar-refractivity contribution in [3.8, 4) is 11.5 Å². The van der Waals surface area contributed by atoms with Crippen LogP contribution in [0.3, 0.4) is 0 Å². The van der Waals surface area contributed by atoms with Gasteiger partial charge in [0.1, 0.15) is 17.7 Å². The third-order valence-electron chi connectivity index (χ3n) is 8.35. The van der Waals surface area contributed by atoms with E-state index in [1.165, 1.54) is 0 Å². The highest BCUT2D eigenvalue weighted by Crippen LogP contribution is 2.67. The van der Waals surface area contributed by atoms with E-state index in [1.54, 1.807) is 6.07 Å². The van der Waals surface area contributed by atoms with Gasteiger partial charge in [-0.25, -0.2) is 0 Å². The van der Waals surface area contributed by atoms with Crippen LogP contribution in [0, 0.1) is 17.0 Å². The van der Waals surface area contributed by atoms with Crippen molar-refractivity contribution in [3.63, 3.8) is 0 Å². The smallest absolute Gasteiger partial charge is 0.165 e. The number of likely N-dealkylation sites (tertiary alicyclic amines) is 1. The van der Waals surface area contributed by atoms with Crippen molar-refractivity contribution in [2.24, 2.45) is 11.8 Å². The van der Waals surface area contributed by atoms with Crippen LogP contribution < -0.4 is 4.74 Å². The highest BCUT2D eigenvalue weighted by Gasteiger charge is 2.75. The summed E-state index contributed by atoms with van der Waals surface area (Å²) in [4.78, 5) is 0. The zero-order valence-electron chi connectivity index (χ0n) is 15.3. The molecule has 5 heteroatoms. The number of hydrogen-bond acceptors (Lipinski definition) is 4. The first-order chi connectivity index (χ1) is 12.4. The SMILES string of the molecule is CC1CC[C@@]2(O)[C@H]3Cc4ccc(O)c5c4[C@@]2(CC[N+]3([O-])CC2CC2)C1O5. The van der Waals surface area contributed by atoms with Crippen LogP contribution in [0.4, 0.5) is 0 Å². The van der Waals surface area contributed by atoms with Crippen LogP contribution in [0.2, 0.25) is 0 Å². The largest absolute Gasteiger partial charge is 0.632 e. The summed E-state index contributed by atoms with van der Waals surface area (Å²) < 4.78 is 6.09. The van der Waals surface area contributed by atoms with Gasteiger partial charge in [-0.1, -0.05) is 13.0 Å². The van der Waals surface area contributed by atoms with Gasteiger partial charge in [-0.3, -0.25) is 0 Å². The fourth-order valence-corrected chi connectivity index (χ4v) is 7.01. The lowest BCUT2D eigenvalue weighted by atomic mass is 9.47. The number of phenolic OH excluding ortho intramolecular Hbond substituents is 1. The van der Waals surface area contributed by atoms with E-state index in [4.69, 9.17) is 4.74 Å². The summed E-state index contributed by atoms with van der Waals surface area (Å²) in [6.07, 6.45) is 4.98. The summed E-state index contributed by atoms with van der Waals surface area (Å²) in [5.74, 6) is 1.60. The fraction of sp³-hybridized carbons (Fsp3) is 0.714. The molecule has 2 saturated carbocycles. The van der Waals surface area contributed by atoms with Crippen LogP contribution >= 0.6 is 0 Å². The molecule has 3 unspecified atom stereocenters. The maximum absolute atomic E-state index is 13.9. The van der Waals surface area contributed by atoms with Crippen LogP contribution in [0.15, 0.2) is 12.1 Å². The van der Waals surface area contributed by atoms with Gasteiger partial charge in [0.25, 0.3) is 0 Å². The Balaban J connectivity index is 1.59. The quantitative estimate of drug-likeness (QED) is 0.630.